The monoisotopic (exact) mass is 534 g/mol. The summed E-state index contributed by atoms with van der Waals surface area (Å²) in [4.78, 5) is 0. The summed E-state index contributed by atoms with van der Waals surface area (Å²) >= 11 is 0. The molecule has 2 heterocycles. The summed E-state index contributed by atoms with van der Waals surface area (Å²) in [6.07, 6.45) is 0. The molecule has 0 radical (unpaired) electrons. The minimum Gasteiger partial charge on any atom is -0.309 e. The highest BCUT2D eigenvalue weighted by molar-refractivity contribution is 6.12. The molecule has 0 amide bonds. The molecule has 4 heteroatoms. The van der Waals surface area contributed by atoms with Gasteiger partial charge >= 0.3 is 0 Å². The Morgan fingerprint density at radius 3 is 1.17 bits per heavy atom. The van der Waals surface area contributed by atoms with Gasteiger partial charge in [0.05, 0.1) is 45.3 Å². The van der Waals surface area contributed by atoms with Crippen LogP contribution in [0.1, 0.15) is 11.1 Å². The van der Waals surface area contributed by atoms with Crippen molar-refractivity contribution in [3.05, 3.63) is 145 Å². The first-order chi connectivity index (χ1) is 20.7. The minimum absolute atomic E-state index is 0.651. The van der Waals surface area contributed by atoms with E-state index in [1.54, 1.807) is 0 Å². The first-order valence-electron chi connectivity index (χ1n) is 13.8. The quantitative estimate of drug-likeness (QED) is 0.227. The Morgan fingerprint density at radius 1 is 0.381 bits per heavy atom. The fourth-order valence-electron chi connectivity index (χ4n) is 6.23. The summed E-state index contributed by atoms with van der Waals surface area (Å²) in [5, 5.41) is 23.3. The molecular formula is C38H22N4. The Morgan fingerprint density at radius 2 is 0.762 bits per heavy atom. The molecule has 0 fully saturated rings. The molecule has 0 saturated heterocycles. The third-order valence-electron chi connectivity index (χ3n) is 8.19. The lowest BCUT2D eigenvalue weighted by Crippen LogP contribution is -1.94. The van der Waals surface area contributed by atoms with Crippen LogP contribution in [0.3, 0.4) is 0 Å². The number of nitrogens with zero attached hydrogens (tertiary/aromatic N) is 4. The number of aromatic nitrogens is 2. The van der Waals surface area contributed by atoms with Gasteiger partial charge in [-0.15, -0.1) is 0 Å². The molecule has 8 rings (SSSR count). The van der Waals surface area contributed by atoms with Crippen molar-refractivity contribution < 1.29 is 0 Å². The van der Waals surface area contributed by atoms with E-state index in [9.17, 15) is 10.5 Å². The SMILES string of the molecule is N#Cc1ccc(-n2c3ccccc3c3cc(-c4ccc5c(c4)c4ccccc4n5-c4ccc(C#N)cc4)ccc32)cc1. The van der Waals surface area contributed by atoms with Gasteiger partial charge in [0.15, 0.2) is 0 Å². The standard InChI is InChI=1S/C38H22N4/c39-23-25-9-15-29(16-10-25)41-35-7-3-1-5-31(35)33-21-27(13-19-37(33)41)28-14-20-38-34(22-28)32-6-2-4-8-36(32)42(38)30-17-11-26(24-40)12-18-30/h1-22H. The first-order valence-corrected chi connectivity index (χ1v) is 13.8. The van der Waals surface area contributed by atoms with Gasteiger partial charge in [-0.05, 0) is 96.1 Å². The van der Waals surface area contributed by atoms with Crippen molar-refractivity contribution in [2.24, 2.45) is 0 Å². The van der Waals surface area contributed by atoms with Crippen LogP contribution in [0.5, 0.6) is 0 Å². The van der Waals surface area contributed by atoms with E-state index in [1.165, 1.54) is 21.5 Å². The van der Waals surface area contributed by atoms with Crippen LogP contribution in [0.2, 0.25) is 0 Å². The second-order valence-electron chi connectivity index (χ2n) is 10.5. The lowest BCUT2D eigenvalue weighted by Gasteiger charge is -2.09. The van der Waals surface area contributed by atoms with Crippen molar-refractivity contribution in [3.63, 3.8) is 0 Å². The van der Waals surface area contributed by atoms with Crippen LogP contribution in [0.15, 0.2) is 133 Å². The van der Waals surface area contributed by atoms with E-state index in [0.717, 1.165) is 44.6 Å². The third kappa shape index (κ3) is 3.53. The fourth-order valence-corrected chi connectivity index (χ4v) is 6.23. The molecule has 8 aromatic rings. The summed E-state index contributed by atoms with van der Waals surface area (Å²) in [7, 11) is 0. The van der Waals surface area contributed by atoms with Gasteiger partial charge in [-0.2, -0.15) is 10.5 Å². The smallest absolute Gasteiger partial charge is 0.0991 e. The predicted molar refractivity (Wildman–Crippen MR) is 170 cm³/mol. The van der Waals surface area contributed by atoms with Gasteiger partial charge in [-0.3, -0.25) is 0 Å². The second kappa shape index (κ2) is 9.24. The van der Waals surface area contributed by atoms with Crippen LogP contribution in [0.25, 0.3) is 66.1 Å². The van der Waals surface area contributed by atoms with Crippen molar-refractivity contribution in [1.29, 1.82) is 10.5 Å². The Balaban J connectivity index is 1.32. The molecular weight excluding hydrogens is 512 g/mol. The molecule has 0 atom stereocenters. The van der Waals surface area contributed by atoms with E-state index < -0.39 is 0 Å². The van der Waals surface area contributed by atoms with Gasteiger partial charge in [-0.1, -0.05) is 48.5 Å². The lowest BCUT2D eigenvalue weighted by atomic mass is 10.0. The molecule has 0 aliphatic carbocycles. The minimum atomic E-state index is 0.651. The molecule has 6 aromatic carbocycles. The molecule has 0 N–H and O–H groups in total. The predicted octanol–water partition coefficient (Wildman–Crippen LogP) is 9.29. The fraction of sp³-hybridized carbons (Fsp3) is 0. The van der Waals surface area contributed by atoms with Crippen LogP contribution in [0, 0.1) is 22.7 Å². The molecule has 4 nitrogen and oxygen atoms in total. The third-order valence-corrected chi connectivity index (χ3v) is 8.19. The van der Waals surface area contributed by atoms with Crippen LogP contribution in [0.4, 0.5) is 0 Å². The van der Waals surface area contributed by atoms with Crippen LogP contribution < -0.4 is 0 Å². The number of para-hydroxylation sites is 2. The molecule has 0 aliphatic heterocycles. The number of hydrogen-bond acceptors (Lipinski definition) is 2. The summed E-state index contributed by atoms with van der Waals surface area (Å²) in [5.74, 6) is 0. The number of fused-ring (bicyclic) bond motifs is 6. The lowest BCUT2D eigenvalue weighted by molar-refractivity contribution is 1.18. The Labute approximate surface area is 242 Å². The Kier molecular flexibility index (Phi) is 5.22. The molecule has 194 valence electrons. The normalized spacial score (nSPS) is 11.3. The summed E-state index contributed by atoms with van der Waals surface area (Å²) in [6.45, 7) is 0. The van der Waals surface area contributed by atoms with Crippen LogP contribution in [-0.4, -0.2) is 9.13 Å². The van der Waals surface area contributed by atoms with E-state index >= 15 is 0 Å². The Bertz CT molecular complexity index is 2240. The molecule has 0 saturated carbocycles. The van der Waals surface area contributed by atoms with E-state index in [0.29, 0.717) is 11.1 Å². The molecule has 2 aromatic heterocycles. The number of nitriles is 2. The maximum Gasteiger partial charge on any atom is 0.0991 e. The number of hydrogen-bond donors (Lipinski definition) is 0. The number of benzene rings is 6. The van der Waals surface area contributed by atoms with Gasteiger partial charge in [-0.25, -0.2) is 0 Å². The molecule has 0 spiro atoms. The van der Waals surface area contributed by atoms with E-state index in [1.807, 2.05) is 48.5 Å². The van der Waals surface area contributed by atoms with E-state index in [4.69, 9.17) is 0 Å². The topological polar surface area (TPSA) is 57.4 Å². The van der Waals surface area contributed by atoms with Gasteiger partial charge in [0, 0.05) is 32.9 Å². The highest BCUT2D eigenvalue weighted by Crippen LogP contribution is 2.38. The van der Waals surface area contributed by atoms with Crippen molar-refractivity contribution in [1.82, 2.24) is 9.13 Å². The molecule has 42 heavy (non-hydrogen) atoms. The van der Waals surface area contributed by atoms with Gasteiger partial charge < -0.3 is 9.13 Å². The maximum atomic E-state index is 9.28. The summed E-state index contributed by atoms with van der Waals surface area (Å²) in [5.41, 5.74) is 10.2. The zero-order chi connectivity index (χ0) is 28.2. The first kappa shape index (κ1) is 23.8. The van der Waals surface area contributed by atoms with Crippen LogP contribution >= 0.6 is 0 Å². The molecule has 0 bridgehead atoms. The van der Waals surface area contributed by atoms with Crippen molar-refractivity contribution in [2.75, 3.05) is 0 Å². The van der Waals surface area contributed by atoms with Gasteiger partial charge in [0.1, 0.15) is 0 Å². The average molecular weight is 535 g/mol. The van der Waals surface area contributed by atoms with Gasteiger partial charge in [0.2, 0.25) is 0 Å². The molecule has 0 unspecified atom stereocenters. The van der Waals surface area contributed by atoms with E-state index in [2.05, 4.69) is 106 Å². The van der Waals surface area contributed by atoms with E-state index in [-0.39, 0.29) is 0 Å². The zero-order valence-corrected chi connectivity index (χ0v) is 22.5. The highest BCUT2D eigenvalue weighted by Gasteiger charge is 2.16. The maximum absolute atomic E-state index is 9.28. The van der Waals surface area contributed by atoms with Crippen molar-refractivity contribution >= 4 is 43.6 Å². The molecule has 0 aliphatic rings. The van der Waals surface area contributed by atoms with Gasteiger partial charge in [0.25, 0.3) is 0 Å². The second-order valence-corrected chi connectivity index (χ2v) is 10.5. The van der Waals surface area contributed by atoms with Crippen LogP contribution in [-0.2, 0) is 0 Å². The summed E-state index contributed by atoms with van der Waals surface area (Å²) in [6, 6.07) is 50.3. The van der Waals surface area contributed by atoms with Crippen molar-refractivity contribution in [3.8, 4) is 34.6 Å². The zero-order valence-electron chi connectivity index (χ0n) is 22.5. The largest absolute Gasteiger partial charge is 0.309 e. The average Bonchev–Trinajstić information content (AvgIpc) is 3.57. The summed E-state index contributed by atoms with van der Waals surface area (Å²) < 4.78 is 4.54. The van der Waals surface area contributed by atoms with Crippen molar-refractivity contribution in [2.45, 2.75) is 0 Å². The Hall–Kier alpha value is -6.10. The number of rotatable bonds is 3. The highest BCUT2D eigenvalue weighted by atomic mass is 15.0.